The number of carbonyl (C=O) groups is 1. The fraction of sp³-hybridized carbons (Fsp3) is 0.438. The van der Waals surface area contributed by atoms with E-state index in [-0.39, 0.29) is 17.7 Å². The summed E-state index contributed by atoms with van der Waals surface area (Å²) in [6.07, 6.45) is -0.184. The highest BCUT2D eigenvalue weighted by atomic mass is 32.2. The first kappa shape index (κ1) is 20.1. The van der Waals surface area contributed by atoms with Gasteiger partial charge in [0.25, 0.3) is 11.8 Å². The molecule has 0 saturated carbocycles. The molecule has 0 aliphatic carbocycles. The predicted molar refractivity (Wildman–Crippen MR) is 89.1 cm³/mol. The van der Waals surface area contributed by atoms with E-state index in [1.54, 1.807) is 6.92 Å². The van der Waals surface area contributed by atoms with E-state index in [0.29, 0.717) is 6.42 Å². The number of amides is 1. The van der Waals surface area contributed by atoms with Gasteiger partial charge in [-0.3, -0.25) is 14.3 Å². The summed E-state index contributed by atoms with van der Waals surface area (Å²) in [5.41, 5.74) is -1.20. The van der Waals surface area contributed by atoms with E-state index in [0.717, 1.165) is 12.1 Å². The second-order valence-corrected chi connectivity index (χ2v) is 7.00. The molecule has 1 aromatic heterocycles. The molecule has 0 saturated heterocycles. The van der Waals surface area contributed by atoms with E-state index in [1.807, 2.05) is 0 Å². The van der Waals surface area contributed by atoms with Gasteiger partial charge in [-0.1, -0.05) is 25.0 Å². The zero-order valence-electron chi connectivity index (χ0n) is 14.4. The molecular formula is C16H18F3N3O3S. The normalized spacial score (nSPS) is 12.8. The lowest BCUT2D eigenvalue weighted by molar-refractivity contribution is -0.0116. The molecule has 0 aliphatic rings. The highest BCUT2D eigenvalue weighted by Crippen LogP contribution is 2.37. The summed E-state index contributed by atoms with van der Waals surface area (Å²) in [5.74, 6) is -5.39. The van der Waals surface area contributed by atoms with Crippen LogP contribution in [-0.2, 0) is 16.7 Å². The first-order valence-corrected chi connectivity index (χ1v) is 9.23. The molecule has 1 atom stereocenters. The van der Waals surface area contributed by atoms with Gasteiger partial charge in [0.2, 0.25) is 5.89 Å². The van der Waals surface area contributed by atoms with Gasteiger partial charge in [-0.2, -0.15) is 0 Å². The Morgan fingerprint density at radius 1 is 1.31 bits per heavy atom. The van der Waals surface area contributed by atoms with Crippen molar-refractivity contribution in [1.29, 1.82) is 0 Å². The summed E-state index contributed by atoms with van der Waals surface area (Å²) in [4.78, 5) is 11.6. The van der Waals surface area contributed by atoms with Gasteiger partial charge in [0.1, 0.15) is 0 Å². The van der Waals surface area contributed by atoms with Gasteiger partial charge in [0.05, 0.1) is 21.3 Å². The number of carbonyl (C=O) groups excluding carboxylic acids is 1. The fourth-order valence-electron chi connectivity index (χ4n) is 2.23. The number of rotatable bonds is 7. The quantitative estimate of drug-likeness (QED) is 0.779. The standard InChI is InChI=1S/C16H18F3N3O3S/c1-4-8-26(24)13-11(16(18,19)5-2)7-6-10(12(13)17)14(23)20-15-22-21-9(3)25-15/h6-7H,4-5,8H2,1-3H3,(H,20,22,23)/t26-/m1/s1. The molecule has 2 rings (SSSR count). The SMILES string of the molecule is CCC[S@@](=O)c1c(C(F)(F)CC)ccc(C(=O)Nc2nnc(C)o2)c1F. The lowest BCUT2D eigenvalue weighted by atomic mass is 10.0. The van der Waals surface area contributed by atoms with Gasteiger partial charge < -0.3 is 4.42 Å². The third kappa shape index (κ3) is 4.12. The van der Waals surface area contributed by atoms with Crippen LogP contribution in [0.2, 0.25) is 0 Å². The maximum atomic E-state index is 14.9. The van der Waals surface area contributed by atoms with Gasteiger partial charge in [-0.05, 0) is 12.5 Å². The van der Waals surface area contributed by atoms with Crippen molar-refractivity contribution in [3.8, 4) is 0 Å². The van der Waals surface area contributed by atoms with Crippen LogP contribution in [0.25, 0.3) is 0 Å². The molecule has 1 N–H and O–H groups in total. The largest absolute Gasteiger partial charge is 0.408 e. The van der Waals surface area contributed by atoms with E-state index in [2.05, 4.69) is 15.5 Å². The van der Waals surface area contributed by atoms with Crippen LogP contribution in [-0.4, -0.2) is 26.1 Å². The van der Waals surface area contributed by atoms with E-state index in [9.17, 15) is 22.2 Å². The van der Waals surface area contributed by atoms with Crippen molar-refractivity contribution in [1.82, 2.24) is 10.2 Å². The average Bonchev–Trinajstić information content (AvgIpc) is 2.99. The summed E-state index contributed by atoms with van der Waals surface area (Å²) in [5, 5.41) is 9.24. The summed E-state index contributed by atoms with van der Waals surface area (Å²) in [6.45, 7) is 4.43. The Morgan fingerprint density at radius 3 is 2.54 bits per heavy atom. The van der Waals surface area contributed by atoms with Crippen molar-refractivity contribution < 1.29 is 26.6 Å². The second-order valence-electron chi connectivity index (χ2n) is 5.49. The molecule has 0 radical (unpaired) electrons. The number of hydrogen-bond donors (Lipinski definition) is 1. The van der Waals surface area contributed by atoms with Crippen LogP contribution >= 0.6 is 0 Å². The fourth-order valence-corrected chi connectivity index (χ4v) is 3.58. The topological polar surface area (TPSA) is 85.1 Å². The number of halogens is 3. The molecule has 10 heteroatoms. The van der Waals surface area contributed by atoms with Crippen LogP contribution < -0.4 is 5.32 Å². The lowest BCUT2D eigenvalue weighted by Gasteiger charge is -2.19. The highest BCUT2D eigenvalue weighted by molar-refractivity contribution is 7.85. The van der Waals surface area contributed by atoms with Crippen LogP contribution in [0.4, 0.5) is 19.2 Å². The Balaban J connectivity index is 2.50. The third-order valence-corrected chi connectivity index (χ3v) is 5.18. The molecule has 1 heterocycles. The van der Waals surface area contributed by atoms with Crippen molar-refractivity contribution in [2.24, 2.45) is 0 Å². The number of aryl methyl sites for hydroxylation is 1. The molecule has 2 aromatic rings. The molecule has 0 spiro atoms. The lowest BCUT2D eigenvalue weighted by Crippen LogP contribution is -2.21. The van der Waals surface area contributed by atoms with Crippen LogP contribution in [0.1, 0.15) is 48.5 Å². The Hall–Kier alpha value is -2.23. The minimum Gasteiger partial charge on any atom is -0.408 e. The van der Waals surface area contributed by atoms with Crippen LogP contribution in [0.5, 0.6) is 0 Å². The zero-order valence-corrected chi connectivity index (χ0v) is 15.3. The Morgan fingerprint density at radius 2 is 2.00 bits per heavy atom. The third-order valence-electron chi connectivity index (χ3n) is 3.54. The first-order valence-electron chi connectivity index (χ1n) is 7.91. The van der Waals surface area contributed by atoms with E-state index in [4.69, 9.17) is 4.42 Å². The van der Waals surface area contributed by atoms with E-state index in [1.165, 1.54) is 13.8 Å². The molecule has 1 aromatic carbocycles. The molecular weight excluding hydrogens is 371 g/mol. The number of nitrogens with zero attached hydrogens (tertiary/aromatic N) is 2. The van der Waals surface area contributed by atoms with Gasteiger partial charge in [0, 0.05) is 24.7 Å². The van der Waals surface area contributed by atoms with E-state index < -0.39 is 50.9 Å². The molecule has 6 nitrogen and oxygen atoms in total. The Labute approximate surface area is 150 Å². The minimum absolute atomic E-state index is 0.00234. The number of nitrogens with one attached hydrogen (secondary N) is 1. The minimum atomic E-state index is -3.36. The van der Waals surface area contributed by atoms with Gasteiger partial charge in [-0.15, -0.1) is 5.10 Å². The molecule has 26 heavy (non-hydrogen) atoms. The monoisotopic (exact) mass is 389 g/mol. The number of hydrogen-bond acceptors (Lipinski definition) is 5. The van der Waals surface area contributed by atoms with Crippen LogP contribution in [0.3, 0.4) is 0 Å². The van der Waals surface area contributed by atoms with E-state index >= 15 is 0 Å². The molecule has 0 unspecified atom stereocenters. The first-order chi connectivity index (χ1) is 12.2. The zero-order chi connectivity index (χ0) is 19.5. The van der Waals surface area contributed by atoms with Crippen molar-refractivity contribution in [3.05, 3.63) is 35.0 Å². The maximum Gasteiger partial charge on any atom is 0.322 e. The molecule has 0 bridgehead atoms. The van der Waals surface area contributed by atoms with Crippen LogP contribution in [0, 0.1) is 12.7 Å². The maximum absolute atomic E-state index is 14.9. The number of alkyl halides is 2. The number of anilines is 1. The molecule has 142 valence electrons. The van der Waals surface area contributed by atoms with Gasteiger partial charge in [0.15, 0.2) is 5.82 Å². The Bertz CT molecular complexity index is 839. The summed E-state index contributed by atoms with van der Waals surface area (Å²) in [7, 11) is -2.01. The smallest absolute Gasteiger partial charge is 0.322 e. The highest BCUT2D eigenvalue weighted by Gasteiger charge is 2.36. The Kier molecular flexibility index (Phi) is 6.17. The van der Waals surface area contributed by atoms with Gasteiger partial charge in [-0.25, -0.2) is 13.2 Å². The summed E-state index contributed by atoms with van der Waals surface area (Å²) >= 11 is 0. The van der Waals surface area contributed by atoms with Gasteiger partial charge >= 0.3 is 6.01 Å². The van der Waals surface area contributed by atoms with Crippen molar-refractivity contribution in [3.63, 3.8) is 0 Å². The van der Waals surface area contributed by atoms with Crippen molar-refractivity contribution in [2.75, 3.05) is 11.1 Å². The average molecular weight is 389 g/mol. The molecule has 0 fully saturated rings. The predicted octanol–water partition coefficient (Wildman–Crippen LogP) is 3.79. The number of aromatic nitrogens is 2. The van der Waals surface area contributed by atoms with Crippen LogP contribution in [0.15, 0.2) is 21.4 Å². The van der Waals surface area contributed by atoms with Crippen molar-refractivity contribution >= 4 is 22.7 Å². The molecule has 0 aliphatic heterocycles. The summed E-state index contributed by atoms with van der Waals surface area (Å²) < 4.78 is 60.5. The second kappa shape index (κ2) is 7.98. The molecule has 1 amide bonds. The number of benzene rings is 1. The van der Waals surface area contributed by atoms with Crippen molar-refractivity contribution in [2.45, 2.75) is 44.4 Å². The summed E-state index contributed by atoms with van der Waals surface area (Å²) in [6, 6.07) is 1.61.